The van der Waals surface area contributed by atoms with Gasteiger partial charge in [-0.1, -0.05) is 12.1 Å². The third-order valence-corrected chi connectivity index (χ3v) is 3.73. The minimum absolute atomic E-state index is 0.0522. The molecule has 0 aromatic heterocycles. The first kappa shape index (κ1) is 13.7. The van der Waals surface area contributed by atoms with E-state index in [0.717, 1.165) is 5.56 Å². The Labute approximate surface area is 112 Å². The molecule has 0 radical (unpaired) electrons. The second-order valence-electron chi connectivity index (χ2n) is 5.15. The van der Waals surface area contributed by atoms with Crippen molar-refractivity contribution in [1.29, 1.82) is 0 Å². The zero-order valence-corrected chi connectivity index (χ0v) is 11.4. The fourth-order valence-electron chi connectivity index (χ4n) is 2.65. The van der Waals surface area contributed by atoms with Gasteiger partial charge >= 0.3 is 5.97 Å². The van der Waals surface area contributed by atoms with Crippen LogP contribution in [0.15, 0.2) is 24.3 Å². The molecule has 4 nitrogen and oxygen atoms in total. The van der Waals surface area contributed by atoms with Crippen LogP contribution in [0.3, 0.4) is 0 Å². The number of esters is 1. The molecular formula is C15H18O4. The summed E-state index contributed by atoms with van der Waals surface area (Å²) in [7, 11) is 1.64. The number of ether oxygens (including phenoxy) is 2. The van der Waals surface area contributed by atoms with Crippen molar-refractivity contribution in [3.63, 3.8) is 0 Å². The van der Waals surface area contributed by atoms with Gasteiger partial charge in [-0.25, -0.2) is 0 Å². The van der Waals surface area contributed by atoms with Gasteiger partial charge in [-0.15, -0.1) is 0 Å². The first-order valence-electron chi connectivity index (χ1n) is 6.30. The van der Waals surface area contributed by atoms with Gasteiger partial charge in [-0.05, 0) is 24.6 Å². The molecule has 102 valence electrons. The third-order valence-electron chi connectivity index (χ3n) is 3.73. The van der Waals surface area contributed by atoms with Crippen molar-refractivity contribution in [3.05, 3.63) is 29.8 Å². The lowest BCUT2D eigenvalue weighted by atomic mass is 9.86. The second-order valence-corrected chi connectivity index (χ2v) is 5.15. The molecule has 2 rings (SSSR count). The summed E-state index contributed by atoms with van der Waals surface area (Å²) in [6, 6.07) is 7.27. The number of hydrogen-bond acceptors (Lipinski definition) is 4. The number of carbonyl (C=O) groups excluding carboxylic acids is 2. The average molecular weight is 262 g/mol. The van der Waals surface area contributed by atoms with E-state index in [4.69, 9.17) is 9.47 Å². The van der Waals surface area contributed by atoms with Crippen molar-refractivity contribution in [3.8, 4) is 5.75 Å². The molecule has 0 heterocycles. The SMILES string of the molecule is CO[C@@]1(C)CC(=O)C[C@@H]1c1ccc(OC(C)=O)cc1. The highest BCUT2D eigenvalue weighted by Crippen LogP contribution is 2.43. The standard InChI is InChI=1S/C15H18O4/c1-10(16)19-13-6-4-11(5-7-13)14-8-12(17)9-15(14,2)18-3/h4-7,14H,8-9H2,1-3H3/t14-,15+/m1/s1. The molecule has 0 bridgehead atoms. The van der Waals surface area contributed by atoms with Crippen molar-refractivity contribution in [2.45, 2.75) is 38.2 Å². The average Bonchev–Trinajstić information content (AvgIpc) is 2.66. The molecule has 0 N–H and O–H groups in total. The summed E-state index contributed by atoms with van der Waals surface area (Å²) in [5.74, 6) is 0.444. The molecule has 0 amide bonds. The molecule has 1 aromatic rings. The van der Waals surface area contributed by atoms with Crippen LogP contribution in [0.4, 0.5) is 0 Å². The number of methoxy groups -OCH3 is 1. The van der Waals surface area contributed by atoms with Gasteiger partial charge in [0.15, 0.2) is 0 Å². The first-order valence-corrected chi connectivity index (χ1v) is 6.30. The summed E-state index contributed by atoms with van der Waals surface area (Å²) in [5, 5.41) is 0. The minimum Gasteiger partial charge on any atom is -0.427 e. The lowest BCUT2D eigenvalue weighted by Crippen LogP contribution is -2.30. The molecule has 0 aliphatic heterocycles. The van der Waals surface area contributed by atoms with E-state index in [1.807, 2.05) is 19.1 Å². The second kappa shape index (κ2) is 5.13. The normalized spacial score (nSPS) is 26.5. The van der Waals surface area contributed by atoms with E-state index >= 15 is 0 Å². The van der Waals surface area contributed by atoms with E-state index < -0.39 is 5.60 Å². The largest absolute Gasteiger partial charge is 0.427 e. The van der Waals surface area contributed by atoms with Crippen LogP contribution in [-0.2, 0) is 14.3 Å². The zero-order chi connectivity index (χ0) is 14.0. The first-order chi connectivity index (χ1) is 8.94. The van der Waals surface area contributed by atoms with E-state index in [-0.39, 0.29) is 17.7 Å². The minimum atomic E-state index is -0.444. The molecule has 19 heavy (non-hydrogen) atoms. The Morgan fingerprint density at radius 3 is 2.47 bits per heavy atom. The van der Waals surface area contributed by atoms with E-state index in [1.54, 1.807) is 19.2 Å². The van der Waals surface area contributed by atoms with E-state index in [1.165, 1.54) is 6.92 Å². The van der Waals surface area contributed by atoms with Gasteiger partial charge in [0, 0.05) is 32.8 Å². The highest BCUT2D eigenvalue weighted by molar-refractivity contribution is 5.83. The molecule has 1 aliphatic rings. The molecule has 1 aromatic carbocycles. The monoisotopic (exact) mass is 262 g/mol. The molecule has 0 unspecified atom stereocenters. The van der Waals surface area contributed by atoms with E-state index in [9.17, 15) is 9.59 Å². The molecule has 4 heteroatoms. The summed E-state index contributed by atoms with van der Waals surface area (Å²) in [4.78, 5) is 22.5. The highest BCUT2D eigenvalue weighted by atomic mass is 16.5. The summed E-state index contributed by atoms with van der Waals surface area (Å²) in [6.45, 7) is 3.33. The molecular weight excluding hydrogens is 244 g/mol. The van der Waals surface area contributed by atoms with Crippen molar-refractivity contribution in [2.24, 2.45) is 0 Å². The summed E-state index contributed by atoms with van der Waals surface area (Å²) in [6.07, 6.45) is 0.942. The Kier molecular flexibility index (Phi) is 3.71. The molecule has 1 aliphatic carbocycles. The van der Waals surface area contributed by atoms with Crippen LogP contribution in [-0.4, -0.2) is 24.5 Å². The number of ketones is 1. The van der Waals surface area contributed by atoms with Crippen molar-refractivity contribution in [1.82, 2.24) is 0 Å². The summed E-state index contributed by atoms with van der Waals surface area (Å²) >= 11 is 0. The Hall–Kier alpha value is -1.68. The van der Waals surface area contributed by atoms with E-state index in [2.05, 4.69) is 0 Å². The summed E-state index contributed by atoms with van der Waals surface area (Å²) < 4.78 is 10.5. The lowest BCUT2D eigenvalue weighted by Gasteiger charge is -2.29. The van der Waals surface area contributed by atoms with E-state index in [0.29, 0.717) is 18.6 Å². The summed E-state index contributed by atoms with van der Waals surface area (Å²) in [5.41, 5.74) is 0.589. The number of Topliss-reactive ketones (excluding diaryl/α,β-unsaturated/α-hetero) is 1. The number of carbonyl (C=O) groups is 2. The van der Waals surface area contributed by atoms with Gasteiger partial charge in [-0.3, -0.25) is 9.59 Å². The van der Waals surface area contributed by atoms with Gasteiger partial charge in [0.25, 0.3) is 0 Å². The van der Waals surface area contributed by atoms with Crippen LogP contribution >= 0.6 is 0 Å². The maximum absolute atomic E-state index is 11.7. The Morgan fingerprint density at radius 1 is 1.32 bits per heavy atom. The smallest absolute Gasteiger partial charge is 0.308 e. The predicted molar refractivity (Wildman–Crippen MR) is 70.1 cm³/mol. The van der Waals surface area contributed by atoms with Crippen LogP contribution in [0, 0.1) is 0 Å². The van der Waals surface area contributed by atoms with Crippen LogP contribution in [0.1, 0.15) is 38.2 Å². The van der Waals surface area contributed by atoms with Crippen molar-refractivity contribution < 1.29 is 19.1 Å². The molecule has 0 spiro atoms. The predicted octanol–water partition coefficient (Wildman–Crippen LogP) is 2.46. The fraction of sp³-hybridized carbons (Fsp3) is 0.467. The quantitative estimate of drug-likeness (QED) is 0.620. The van der Waals surface area contributed by atoms with Gasteiger partial charge in [0.1, 0.15) is 11.5 Å². The van der Waals surface area contributed by atoms with Crippen LogP contribution in [0.5, 0.6) is 5.75 Å². The molecule has 2 atom stereocenters. The van der Waals surface area contributed by atoms with Gasteiger partial charge < -0.3 is 9.47 Å². The fourth-order valence-corrected chi connectivity index (χ4v) is 2.65. The Morgan fingerprint density at radius 2 is 1.95 bits per heavy atom. The molecule has 0 saturated heterocycles. The highest BCUT2D eigenvalue weighted by Gasteiger charge is 2.44. The van der Waals surface area contributed by atoms with Gasteiger partial charge in [0.2, 0.25) is 0 Å². The Bertz CT molecular complexity index is 491. The van der Waals surface area contributed by atoms with Crippen molar-refractivity contribution in [2.75, 3.05) is 7.11 Å². The topological polar surface area (TPSA) is 52.6 Å². The van der Waals surface area contributed by atoms with Crippen LogP contribution < -0.4 is 4.74 Å². The number of benzene rings is 1. The third kappa shape index (κ3) is 2.84. The zero-order valence-electron chi connectivity index (χ0n) is 11.4. The van der Waals surface area contributed by atoms with Gasteiger partial charge in [0.05, 0.1) is 5.60 Å². The maximum atomic E-state index is 11.7. The molecule has 1 fully saturated rings. The lowest BCUT2D eigenvalue weighted by molar-refractivity contribution is -0.131. The maximum Gasteiger partial charge on any atom is 0.308 e. The number of rotatable bonds is 3. The Balaban J connectivity index is 2.22. The number of hydrogen-bond donors (Lipinski definition) is 0. The van der Waals surface area contributed by atoms with Crippen molar-refractivity contribution >= 4 is 11.8 Å². The van der Waals surface area contributed by atoms with Gasteiger partial charge in [-0.2, -0.15) is 0 Å². The van der Waals surface area contributed by atoms with Crippen LogP contribution in [0.2, 0.25) is 0 Å². The van der Waals surface area contributed by atoms with Crippen LogP contribution in [0.25, 0.3) is 0 Å². The molecule has 1 saturated carbocycles.